The Bertz CT molecular complexity index is 3550. The van der Waals surface area contributed by atoms with Crippen LogP contribution in [-0.2, 0) is 0 Å². The third kappa shape index (κ3) is 8.86. The van der Waals surface area contributed by atoms with Crippen LogP contribution >= 0.6 is 0 Å². The molecular formula is C70H50N2. The summed E-state index contributed by atoms with van der Waals surface area (Å²) in [6.07, 6.45) is 0. The van der Waals surface area contributed by atoms with Gasteiger partial charge < -0.3 is 9.80 Å². The zero-order chi connectivity index (χ0) is 48.1. The van der Waals surface area contributed by atoms with Gasteiger partial charge in [-0.1, -0.05) is 237 Å². The minimum atomic E-state index is 1.05. The third-order valence-corrected chi connectivity index (χ3v) is 13.7. The smallest absolute Gasteiger partial charge is 0.0541 e. The van der Waals surface area contributed by atoms with E-state index < -0.39 is 0 Å². The predicted octanol–water partition coefficient (Wildman–Crippen LogP) is 19.8. The zero-order valence-electron chi connectivity index (χ0n) is 39.8. The van der Waals surface area contributed by atoms with Crippen molar-refractivity contribution in [2.24, 2.45) is 0 Å². The zero-order valence-corrected chi connectivity index (χ0v) is 39.8. The van der Waals surface area contributed by atoms with E-state index in [1.54, 1.807) is 0 Å². The molecule has 2 nitrogen and oxygen atoms in total. The van der Waals surface area contributed by atoms with Gasteiger partial charge in [-0.15, -0.1) is 0 Å². The summed E-state index contributed by atoms with van der Waals surface area (Å²) in [5.74, 6) is 0. The molecule has 0 heterocycles. The molecule has 12 aromatic rings. The van der Waals surface area contributed by atoms with E-state index in [1.165, 1.54) is 55.5 Å². The van der Waals surface area contributed by atoms with Crippen LogP contribution in [-0.4, -0.2) is 0 Å². The highest BCUT2D eigenvalue weighted by Crippen LogP contribution is 2.49. The number of anilines is 6. The molecule has 0 N–H and O–H groups in total. The molecule has 0 saturated carbocycles. The molecule has 0 bridgehead atoms. The van der Waals surface area contributed by atoms with Gasteiger partial charge in [-0.2, -0.15) is 0 Å². The highest BCUT2D eigenvalue weighted by atomic mass is 15.2. The minimum absolute atomic E-state index is 1.05. The second kappa shape index (κ2) is 19.8. The van der Waals surface area contributed by atoms with Crippen molar-refractivity contribution in [3.8, 4) is 66.8 Å². The van der Waals surface area contributed by atoms with Crippen LogP contribution in [0.4, 0.5) is 34.1 Å². The molecule has 12 rings (SSSR count). The lowest BCUT2D eigenvalue weighted by Crippen LogP contribution is -2.13. The Balaban J connectivity index is 1.13. The molecule has 72 heavy (non-hydrogen) atoms. The van der Waals surface area contributed by atoms with E-state index in [4.69, 9.17) is 0 Å². The summed E-state index contributed by atoms with van der Waals surface area (Å²) < 4.78 is 0. The van der Waals surface area contributed by atoms with Crippen LogP contribution in [0.1, 0.15) is 0 Å². The van der Waals surface area contributed by atoms with Gasteiger partial charge in [-0.25, -0.2) is 0 Å². The Labute approximate surface area is 422 Å². The number of hydrogen-bond acceptors (Lipinski definition) is 2. The summed E-state index contributed by atoms with van der Waals surface area (Å²) in [7, 11) is 0. The van der Waals surface area contributed by atoms with Gasteiger partial charge in [0.15, 0.2) is 0 Å². The topological polar surface area (TPSA) is 6.48 Å². The number of nitrogens with zero attached hydrogens (tertiary/aromatic N) is 2. The monoisotopic (exact) mass is 918 g/mol. The summed E-state index contributed by atoms with van der Waals surface area (Å²) in [6.45, 7) is 0. The second-order valence-corrected chi connectivity index (χ2v) is 18.1. The SMILES string of the molecule is c1ccc(-c2ccc(N(c3ccc(-c4ccccc4)cc3)c3cc(-c4ccccc4)c4c(-c5ccccc5)ccc(N(c5ccc(-c6ccccc6)cc5)c5ccc(-c6ccccc6)cc5)c4c3)cc2)cc1. The number of benzene rings is 12. The van der Waals surface area contributed by atoms with E-state index in [-0.39, 0.29) is 0 Å². The first-order valence-electron chi connectivity index (χ1n) is 24.7. The molecule has 0 aliphatic carbocycles. The average Bonchev–Trinajstić information content (AvgIpc) is 3.47. The fourth-order valence-electron chi connectivity index (χ4n) is 10.1. The van der Waals surface area contributed by atoms with Crippen LogP contribution in [0.2, 0.25) is 0 Å². The predicted molar refractivity (Wildman–Crippen MR) is 306 cm³/mol. The normalized spacial score (nSPS) is 11.1. The van der Waals surface area contributed by atoms with Crippen LogP contribution in [0.5, 0.6) is 0 Å². The molecule has 0 radical (unpaired) electrons. The molecular weight excluding hydrogens is 869 g/mol. The second-order valence-electron chi connectivity index (χ2n) is 18.1. The van der Waals surface area contributed by atoms with Gasteiger partial charge in [0.05, 0.1) is 5.69 Å². The number of hydrogen-bond donors (Lipinski definition) is 0. The molecule has 0 saturated heterocycles. The number of fused-ring (bicyclic) bond motifs is 1. The lowest BCUT2D eigenvalue weighted by Gasteiger charge is -2.31. The van der Waals surface area contributed by atoms with E-state index in [1.807, 2.05) is 0 Å². The molecule has 12 aromatic carbocycles. The van der Waals surface area contributed by atoms with E-state index in [0.29, 0.717) is 0 Å². The summed E-state index contributed by atoms with van der Waals surface area (Å²) in [5.41, 5.74) is 20.4. The average molecular weight is 919 g/mol. The maximum atomic E-state index is 2.44. The lowest BCUT2D eigenvalue weighted by atomic mass is 9.89. The largest absolute Gasteiger partial charge is 0.310 e. The molecule has 340 valence electrons. The van der Waals surface area contributed by atoms with Crippen molar-refractivity contribution >= 4 is 44.9 Å². The van der Waals surface area contributed by atoms with Gasteiger partial charge in [0.25, 0.3) is 0 Å². The van der Waals surface area contributed by atoms with Gasteiger partial charge in [-0.3, -0.25) is 0 Å². The Morgan fingerprint density at radius 2 is 0.458 bits per heavy atom. The third-order valence-electron chi connectivity index (χ3n) is 13.7. The maximum absolute atomic E-state index is 2.44. The molecule has 0 aliphatic heterocycles. The molecule has 0 unspecified atom stereocenters. The van der Waals surface area contributed by atoms with Crippen molar-refractivity contribution in [1.82, 2.24) is 0 Å². The summed E-state index contributed by atoms with van der Waals surface area (Å²) in [6, 6.07) is 110. The fourth-order valence-corrected chi connectivity index (χ4v) is 10.1. The van der Waals surface area contributed by atoms with Crippen molar-refractivity contribution in [3.05, 3.63) is 303 Å². The van der Waals surface area contributed by atoms with E-state index in [2.05, 4.69) is 313 Å². The molecule has 0 atom stereocenters. The van der Waals surface area contributed by atoms with Gasteiger partial charge in [0.2, 0.25) is 0 Å². The Hall–Kier alpha value is -9.50. The van der Waals surface area contributed by atoms with Crippen LogP contribution < -0.4 is 9.80 Å². The Kier molecular flexibility index (Phi) is 12.1. The summed E-state index contributed by atoms with van der Waals surface area (Å²) >= 11 is 0. The lowest BCUT2D eigenvalue weighted by molar-refractivity contribution is 1.28. The van der Waals surface area contributed by atoms with Crippen molar-refractivity contribution in [3.63, 3.8) is 0 Å². The number of rotatable bonds is 12. The Morgan fingerprint density at radius 1 is 0.181 bits per heavy atom. The standard InChI is InChI=1S/C70H50N2/c1-7-19-51(20-8-1)55-31-39-61(40-32-55)71(62-41-33-56(34-42-62)52-21-9-2-10-22-52)65-49-67(60-29-17-6-18-30-60)70-66(59-27-15-5-16-28-59)47-48-69(68(70)50-65)72(63-43-35-57(36-44-63)53-23-11-3-12-24-53)64-45-37-58(38-46-64)54-25-13-4-14-26-54/h1-50H. The van der Waals surface area contributed by atoms with Crippen molar-refractivity contribution in [2.75, 3.05) is 9.80 Å². The first kappa shape index (κ1) is 43.8. The molecule has 0 fully saturated rings. The minimum Gasteiger partial charge on any atom is -0.310 e. The maximum Gasteiger partial charge on any atom is 0.0541 e. The molecule has 0 aliphatic rings. The van der Waals surface area contributed by atoms with Crippen molar-refractivity contribution in [2.45, 2.75) is 0 Å². The summed E-state index contributed by atoms with van der Waals surface area (Å²) in [4.78, 5) is 4.86. The molecule has 0 aromatic heterocycles. The molecule has 0 amide bonds. The van der Waals surface area contributed by atoms with Gasteiger partial charge in [0.1, 0.15) is 0 Å². The van der Waals surface area contributed by atoms with Crippen LogP contribution in [0, 0.1) is 0 Å². The van der Waals surface area contributed by atoms with E-state index in [9.17, 15) is 0 Å². The van der Waals surface area contributed by atoms with Crippen LogP contribution in [0.25, 0.3) is 77.5 Å². The first-order valence-corrected chi connectivity index (χ1v) is 24.7. The van der Waals surface area contributed by atoms with Gasteiger partial charge >= 0.3 is 0 Å². The van der Waals surface area contributed by atoms with Crippen molar-refractivity contribution in [1.29, 1.82) is 0 Å². The highest BCUT2D eigenvalue weighted by molar-refractivity contribution is 6.14. The van der Waals surface area contributed by atoms with Crippen molar-refractivity contribution < 1.29 is 0 Å². The Morgan fingerprint density at radius 3 is 0.792 bits per heavy atom. The van der Waals surface area contributed by atoms with Gasteiger partial charge in [-0.05, 0) is 139 Å². The summed E-state index contributed by atoms with van der Waals surface area (Å²) in [5, 5.41) is 2.30. The fraction of sp³-hybridized carbons (Fsp3) is 0. The highest BCUT2D eigenvalue weighted by Gasteiger charge is 2.24. The van der Waals surface area contributed by atoms with Gasteiger partial charge in [0, 0.05) is 33.8 Å². The molecule has 0 spiro atoms. The van der Waals surface area contributed by atoms with Crippen LogP contribution in [0.3, 0.4) is 0 Å². The van der Waals surface area contributed by atoms with Crippen LogP contribution in [0.15, 0.2) is 303 Å². The van der Waals surface area contributed by atoms with E-state index >= 15 is 0 Å². The van der Waals surface area contributed by atoms with E-state index in [0.717, 1.165) is 56.2 Å². The quantitative estimate of drug-likeness (QED) is 0.120. The first-order chi connectivity index (χ1) is 35.7. The molecule has 2 heteroatoms.